The van der Waals surface area contributed by atoms with E-state index in [1.807, 2.05) is 30.5 Å². The van der Waals surface area contributed by atoms with Gasteiger partial charge in [0.15, 0.2) is 5.82 Å². The van der Waals surface area contributed by atoms with Crippen LogP contribution in [0.15, 0.2) is 49.1 Å². The van der Waals surface area contributed by atoms with Gasteiger partial charge < -0.3 is 9.72 Å². The summed E-state index contributed by atoms with van der Waals surface area (Å²) in [6.07, 6.45) is 6.58. The van der Waals surface area contributed by atoms with Crippen LogP contribution < -0.4 is 5.32 Å². The summed E-state index contributed by atoms with van der Waals surface area (Å²) < 4.78 is 1.88. The number of rotatable bonds is 3. The maximum absolute atomic E-state index is 12.7. The number of hydrogen-bond donors (Lipinski definition) is 1. The topological polar surface area (TPSA) is 85.1 Å². The van der Waals surface area contributed by atoms with E-state index in [1.54, 1.807) is 30.6 Å². The van der Waals surface area contributed by atoms with Gasteiger partial charge in [0.25, 0.3) is 5.91 Å². The lowest BCUT2D eigenvalue weighted by molar-refractivity contribution is 0.102. The van der Waals surface area contributed by atoms with Gasteiger partial charge in [-0.15, -0.1) is 0 Å². The Hall–Kier alpha value is -3.32. The van der Waals surface area contributed by atoms with Crippen molar-refractivity contribution in [1.82, 2.24) is 24.3 Å². The third-order valence-electron chi connectivity index (χ3n) is 4.06. The van der Waals surface area contributed by atoms with Crippen LogP contribution in [-0.2, 0) is 0 Å². The van der Waals surface area contributed by atoms with E-state index in [0.717, 1.165) is 11.4 Å². The van der Waals surface area contributed by atoms with Crippen molar-refractivity contribution >= 4 is 28.8 Å². The molecule has 0 aromatic carbocycles. The maximum Gasteiger partial charge on any atom is 0.259 e. The molecule has 0 fully saturated rings. The van der Waals surface area contributed by atoms with E-state index in [0.29, 0.717) is 33.4 Å². The zero-order valence-electron chi connectivity index (χ0n) is 14.6. The number of amides is 1. The van der Waals surface area contributed by atoms with Crippen molar-refractivity contribution in [2.75, 3.05) is 5.32 Å². The van der Waals surface area contributed by atoms with Crippen LogP contribution in [-0.4, -0.2) is 30.2 Å². The van der Waals surface area contributed by atoms with Gasteiger partial charge in [-0.2, -0.15) is 0 Å². The molecule has 0 aliphatic rings. The van der Waals surface area contributed by atoms with Gasteiger partial charge >= 0.3 is 0 Å². The SMILES string of the molecule is Cc1cc(C)n2ccc(C(=O)Nc3cnc(-c4ncccn4)c(Cl)c3)c2n1. The summed E-state index contributed by atoms with van der Waals surface area (Å²) in [5.41, 5.74) is 3.89. The number of nitrogens with one attached hydrogen (secondary N) is 1. The Kier molecular flexibility index (Phi) is 4.29. The lowest BCUT2D eigenvalue weighted by Gasteiger charge is -2.08. The average Bonchev–Trinajstić information content (AvgIpc) is 3.07. The zero-order chi connectivity index (χ0) is 19.0. The summed E-state index contributed by atoms with van der Waals surface area (Å²) in [4.78, 5) is 29.7. The first-order valence-electron chi connectivity index (χ1n) is 8.22. The van der Waals surface area contributed by atoms with Gasteiger partial charge in [-0.3, -0.25) is 4.79 Å². The predicted molar refractivity (Wildman–Crippen MR) is 103 cm³/mol. The number of nitrogens with zero attached hydrogens (tertiary/aromatic N) is 5. The molecule has 4 aromatic rings. The molecular formula is C19H15ClN6O. The van der Waals surface area contributed by atoms with E-state index in [9.17, 15) is 4.79 Å². The fourth-order valence-corrected chi connectivity index (χ4v) is 3.11. The highest BCUT2D eigenvalue weighted by atomic mass is 35.5. The summed E-state index contributed by atoms with van der Waals surface area (Å²) in [7, 11) is 0. The number of hydrogen-bond acceptors (Lipinski definition) is 5. The molecular weight excluding hydrogens is 364 g/mol. The van der Waals surface area contributed by atoms with Crippen molar-refractivity contribution in [1.29, 1.82) is 0 Å². The highest BCUT2D eigenvalue weighted by Gasteiger charge is 2.16. The standard InChI is InChI=1S/C19H15ClN6O/c1-11-8-12(2)26-7-4-14(18(26)24-11)19(27)25-13-9-15(20)16(23-10-13)17-21-5-3-6-22-17/h3-10H,1-2H3,(H,25,27). The van der Waals surface area contributed by atoms with Crippen LogP contribution in [0.3, 0.4) is 0 Å². The molecule has 4 heterocycles. The summed E-state index contributed by atoms with van der Waals surface area (Å²) in [6.45, 7) is 3.87. The molecule has 0 saturated heterocycles. The van der Waals surface area contributed by atoms with Crippen LogP contribution in [0.25, 0.3) is 17.2 Å². The lowest BCUT2D eigenvalue weighted by Crippen LogP contribution is -2.13. The molecule has 4 rings (SSSR count). The number of carbonyl (C=O) groups excluding carboxylic acids is 1. The number of pyridine rings is 1. The Bertz CT molecular complexity index is 1160. The van der Waals surface area contributed by atoms with Crippen molar-refractivity contribution in [3.8, 4) is 11.5 Å². The summed E-state index contributed by atoms with van der Waals surface area (Å²) in [5.74, 6) is 0.144. The molecule has 0 atom stereocenters. The molecule has 0 aliphatic heterocycles. The summed E-state index contributed by atoms with van der Waals surface area (Å²) >= 11 is 6.30. The van der Waals surface area contributed by atoms with Crippen LogP contribution in [0, 0.1) is 13.8 Å². The average molecular weight is 379 g/mol. The molecule has 134 valence electrons. The Morgan fingerprint density at radius 1 is 1.15 bits per heavy atom. The fraction of sp³-hybridized carbons (Fsp3) is 0.105. The van der Waals surface area contributed by atoms with Crippen LogP contribution in [0.2, 0.25) is 5.02 Å². The molecule has 0 radical (unpaired) electrons. The van der Waals surface area contributed by atoms with E-state index in [1.165, 1.54) is 6.20 Å². The molecule has 4 aromatic heterocycles. The molecule has 1 N–H and O–H groups in total. The minimum Gasteiger partial charge on any atom is -0.320 e. The molecule has 27 heavy (non-hydrogen) atoms. The van der Waals surface area contributed by atoms with Crippen molar-refractivity contribution in [2.45, 2.75) is 13.8 Å². The van der Waals surface area contributed by atoms with E-state index in [-0.39, 0.29) is 5.91 Å². The minimum absolute atomic E-state index is 0.281. The van der Waals surface area contributed by atoms with Gasteiger partial charge in [-0.25, -0.2) is 19.9 Å². The quantitative estimate of drug-likeness (QED) is 0.587. The lowest BCUT2D eigenvalue weighted by atomic mass is 10.2. The third kappa shape index (κ3) is 3.24. The molecule has 7 nitrogen and oxygen atoms in total. The van der Waals surface area contributed by atoms with E-state index >= 15 is 0 Å². The molecule has 0 aliphatic carbocycles. The van der Waals surface area contributed by atoms with E-state index < -0.39 is 0 Å². The van der Waals surface area contributed by atoms with Crippen LogP contribution in [0.4, 0.5) is 5.69 Å². The second-order valence-corrected chi connectivity index (χ2v) is 6.45. The highest BCUT2D eigenvalue weighted by molar-refractivity contribution is 6.33. The Morgan fingerprint density at radius 2 is 1.93 bits per heavy atom. The van der Waals surface area contributed by atoms with Crippen molar-refractivity contribution in [2.24, 2.45) is 0 Å². The minimum atomic E-state index is -0.281. The Labute approximate surface area is 160 Å². The van der Waals surface area contributed by atoms with Crippen LogP contribution in [0.1, 0.15) is 21.7 Å². The molecule has 8 heteroatoms. The molecule has 0 saturated carbocycles. The third-order valence-corrected chi connectivity index (χ3v) is 4.35. The number of anilines is 1. The van der Waals surface area contributed by atoms with Crippen LogP contribution >= 0.6 is 11.6 Å². The smallest absolute Gasteiger partial charge is 0.259 e. The molecule has 1 amide bonds. The molecule has 0 spiro atoms. The molecule has 0 unspecified atom stereocenters. The number of fused-ring (bicyclic) bond motifs is 1. The largest absolute Gasteiger partial charge is 0.320 e. The van der Waals surface area contributed by atoms with Gasteiger partial charge in [-0.1, -0.05) is 11.6 Å². The first-order chi connectivity index (χ1) is 13.0. The maximum atomic E-state index is 12.7. The number of carbonyl (C=O) groups is 1. The zero-order valence-corrected chi connectivity index (χ0v) is 15.4. The number of aromatic nitrogens is 5. The predicted octanol–water partition coefficient (Wildman–Crippen LogP) is 3.71. The number of aryl methyl sites for hydroxylation is 2. The van der Waals surface area contributed by atoms with Gasteiger partial charge in [-0.05, 0) is 38.1 Å². The van der Waals surface area contributed by atoms with Gasteiger partial charge in [0.2, 0.25) is 0 Å². The van der Waals surface area contributed by atoms with Gasteiger partial charge in [0.1, 0.15) is 11.3 Å². The Balaban J connectivity index is 1.63. The monoisotopic (exact) mass is 378 g/mol. The van der Waals surface area contributed by atoms with Gasteiger partial charge in [0, 0.05) is 30.0 Å². The number of halogens is 1. The fourth-order valence-electron chi connectivity index (χ4n) is 2.86. The first kappa shape index (κ1) is 17.1. The second-order valence-electron chi connectivity index (χ2n) is 6.04. The van der Waals surface area contributed by atoms with Crippen molar-refractivity contribution < 1.29 is 4.79 Å². The normalized spacial score (nSPS) is 10.9. The van der Waals surface area contributed by atoms with E-state index in [2.05, 4.69) is 25.3 Å². The molecule has 0 bridgehead atoms. The van der Waals surface area contributed by atoms with Crippen molar-refractivity contribution in [3.63, 3.8) is 0 Å². The summed E-state index contributed by atoms with van der Waals surface area (Å²) in [5, 5.41) is 3.17. The highest BCUT2D eigenvalue weighted by Crippen LogP contribution is 2.25. The van der Waals surface area contributed by atoms with Crippen molar-refractivity contribution in [3.05, 3.63) is 71.0 Å². The van der Waals surface area contributed by atoms with E-state index in [4.69, 9.17) is 11.6 Å². The second kappa shape index (κ2) is 6.77. The first-order valence-corrected chi connectivity index (χ1v) is 8.60. The Morgan fingerprint density at radius 3 is 2.67 bits per heavy atom. The van der Waals surface area contributed by atoms with Crippen LogP contribution in [0.5, 0.6) is 0 Å². The van der Waals surface area contributed by atoms with Gasteiger partial charge in [0.05, 0.1) is 22.5 Å². The summed E-state index contributed by atoms with van der Waals surface area (Å²) in [6, 6.07) is 7.04.